The van der Waals surface area contributed by atoms with Gasteiger partial charge in [0, 0.05) is 12.2 Å². The largest absolute Gasteiger partial charge is 0.390 e. The molecule has 1 aromatic rings. The van der Waals surface area contributed by atoms with E-state index in [0.29, 0.717) is 0 Å². The summed E-state index contributed by atoms with van der Waals surface area (Å²) in [5, 5.41) is 2.75. The molecular weight excluding hydrogens is 203 g/mol. The third-order valence-electron chi connectivity index (χ3n) is 2.24. The molecule has 84 valence electrons. The maximum Gasteiger partial charge on any atom is 0.390 e. The van der Waals surface area contributed by atoms with Crippen molar-refractivity contribution in [3.05, 3.63) is 29.3 Å². The zero-order chi connectivity index (χ0) is 11.5. The van der Waals surface area contributed by atoms with E-state index in [4.69, 9.17) is 0 Å². The van der Waals surface area contributed by atoms with Crippen molar-refractivity contribution in [2.75, 3.05) is 11.9 Å². The Bertz CT molecular complexity index is 331. The fraction of sp³-hybridized carbons (Fsp3) is 0.455. The van der Waals surface area contributed by atoms with Crippen molar-refractivity contribution in [1.29, 1.82) is 0 Å². The second kappa shape index (κ2) is 4.55. The molecule has 0 unspecified atom stereocenters. The van der Waals surface area contributed by atoms with Crippen LogP contribution >= 0.6 is 0 Å². The van der Waals surface area contributed by atoms with Gasteiger partial charge in [0.15, 0.2) is 0 Å². The molecule has 0 radical (unpaired) electrons. The van der Waals surface area contributed by atoms with Crippen LogP contribution in [0.2, 0.25) is 0 Å². The molecule has 0 amide bonds. The molecule has 0 bridgehead atoms. The molecule has 15 heavy (non-hydrogen) atoms. The summed E-state index contributed by atoms with van der Waals surface area (Å²) >= 11 is 0. The molecule has 0 aliphatic heterocycles. The summed E-state index contributed by atoms with van der Waals surface area (Å²) < 4.78 is 35.6. The molecule has 0 spiro atoms. The Labute approximate surface area is 87.3 Å². The predicted octanol–water partition coefficient (Wildman–Crippen LogP) is 3.67. The number of nitrogens with one attached hydrogen (secondary N) is 1. The number of benzene rings is 1. The van der Waals surface area contributed by atoms with Gasteiger partial charge in [0.1, 0.15) is 0 Å². The first-order valence-corrected chi connectivity index (χ1v) is 4.76. The van der Waals surface area contributed by atoms with Crippen LogP contribution in [0.5, 0.6) is 0 Å². The van der Waals surface area contributed by atoms with E-state index >= 15 is 0 Å². The Kier molecular flexibility index (Phi) is 3.61. The molecule has 1 nitrogen and oxygen atoms in total. The Morgan fingerprint density at radius 2 is 1.80 bits per heavy atom. The second-order valence-corrected chi connectivity index (χ2v) is 3.59. The van der Waals surface area contributed by atoms with Crippen LogP contribution in [0.25, 0.3) is 0 Å². The van der Waals surface area contributed by atoms with Crippen molar-refractivity contribution < 1.29 is 13.2 Å². The first kappa shape index (κ1) is 11.9. The maximum atomic E-state index is 11.9. The molecule has 0 saturated heterocycles. The molecule has 1 rings (SSSR count). The van der Waals surface area contributed by atoms with Gasteiger partial charge in [-0.3, -0.25) is 0 Å². The highest BCUT2D eigenvalue weighted by atomic mass is 19.4. The summed E-state index contributed by atoms with van der Waals surface area (Å²) in [6.45, 7) is 3.82. The molecule has 0 atom stereocenters. The lowest BCUT2D eigenvalue weighted by Crippen LogP contribution is -2.14. The Morgan fingerprint density at radius 3 is 2.33 bits per heavy atom. The van der Waals surface area contributed by atoms with Gasteiger partial charge in [-0.25, -0.2) is 0 Å². The number of halogens is 3. The van der Waals surface area contributed by atoms with E-state index in [-0.39, 0.29) is 6.54 Å². The van der Waals surface area contributed by atoms with Gasteiger partial charge in [-0.1, -0.05) is 6.07 Å². The maximum absolute atomic E-state index is 11.9. The molecule has 0 saturated carbocycles. The summed E-state index contributed by atoms with van der Waals surface area (Å²) in [6, 6.07) is 5.54. The first-order valence-electron chi connectivity index (χ1n) is 4.76. The van der Waals surface area contributed by atoms with Crippen LogP contribution in [0.3, 0.4) is 0 Å². The zero-order valence-corrected chi connectivity index (χ0v) is 8.78. The summed E-state index contributed by atoms with van der Waals surface area (Å²) in [5.74, 6) is 0. The molecule has 0 aromatic heterocycles. The van der Waals surface area contributed by atoms with Gasteiger partial charge in [0.25, 0.3) is 0 Å². The lowest BCUT2D eigenvalue weighted by Gasteiger charge is -2.10. The number of anilines is 1. The van der Waals surface area contributed by atoms with E-state index in [2.05, 4.69) is 5.32 Å². The van der Waals surface area contributed by atoms with E-state index in [1.54, 1.807) is 6.07 Å². The van der Waals surface area contributed by atoms with E-state index in [9.17, 15) is 13.2 Å². The Balaban J connectivity index is 2.48. The average molecular weight is 217 g/mol. The minimum Gasteiger partial charge on any atom is -0.385 e. The lowest BCUT2D eigenvalue weighted by molar-refractivity contribution is -0.131. The Hall–Kier alpha value is -1.19. The fourth-order valence-corrected chi connectivity index (χ4v) is 1.20. The first-order chi connectivity index (χ1) is 6.88. The highest BCUT2D eigenvalue weighted by molar-refractivity contribution is 5.47. The van der Waals surface area contributed by atoms with Gasteiger partial charge in [-0.15, -0.1) is 0 Å². The summed E-state index contributed by atoms with van der Waals surface area (Å²) in [4.78, 5) is 0. The van der Waals surface area contributed by atoms with Crippen molar-refractivity contribution in [1.82, 2.24) is 0 Å². The lowest BCUT2D eigenvalue weighted by atomic mass is 10.1. The zero-order valence-electron chi connectivity index (χ0n) is 8.78. The SMILES string of the molecule is Cc1ccc(NCCC(F)(F)F)cc1C. The van der Waals surface area contributed by atoms with Gasteiger partial charge < -0.3 is 5.32 Å². The smallest absolute Gasteiger partial charge is 0.385 e. The van der Waals surface area contributed by atoms with Gasteiger partial charge in [-0.2, -0.15) is 13.2 Å². The molecule has 0 aliphatic rings. The molecule has 1 N–H and O–H groups in total. The van der Waals surface area contributed by atoms with Crippen molar-refractivity contribution in [3.8, 4) is 0 Å². The van der Waals surface area contributed by atoms with Gasteiger partial charge in [0.2, 0.25) is 0 Å². The summed E-state index contributed by atoms with van der Waals surface area (Å²) in [7, 11) is 0. The number of aryl methyl sites for hydroxylation is 2. The minimum atomic E-state index is -4.09. The molecule has 1 aromatic carbocycles. The number of hydrogen-bond acceptors (Lipinski definition) is 1. The molecule has 0 heterocycles. The van der Waals surface area contributed by atoms with Crippen molar-refractivity contribution in [2.24, 2.45) is 0 Å². The van der Waals surface area contributed by atoms with E-state index in [1.165, 1.54) is 0 Å². The highest BCUT2D eigenvalue weighted by Crippen LogP contribution is 2.20. The summed E-state index contributed by atoms with van der Waals surface area (Å²) in [6.07, 6.45) is -4.90. The fourth-order valence-electron chi connectivity index (χ4n) is 1.20. The third-order valence-corrected chi connectivity index (χ3v) is 2.24. The van der Waals surface area contributed by atoms with E-state index in [0.717, 1.165) is 16.8 Å². The van der Waals surface area contributed by atoms with Crippen LogP contribution < -0.4 is 5.32 Å². The molecular formula is C11H14F3N. The van der Waals surface area contributed by atoms with Crippen LogP contribution in [0.15, 0.2) is 18.2 Å². The monoisotopic (exact) mass is 217 g/mol. The van der Waals surface area contributed by atoms with E-state index in [1.807, 2.05) is 26.0 Å². The normalized spacial score (nSPS) is 11.5. The predicted molar refractivity (Wildman–Crippen MR) is 55.1 cm³/mol. The van der Waals surface area contributed by atoms with Gasteiger partial charge in [0.05, 0.1) is 6.42 Å². The number of alkyl halides is 3. The summed E-state index contributed by atoms with van der Waals surface area (Å²) in [5.41, 5.74) is 2.95. The van der Waals surface area contributed by atoms with Gasteiger partial charge >= 0.3 is 6.18 Å². The van der Waals surface area contributed by atoms with E-state index < -0.39 is 12.6 Å². The van der Waals surface area contributed by atoms with Crippen LogP contribution in [-0.4, -0.2) is 12.7 Å². The standard InChI is InChI=1S/C11H14F3N/c1-8-3-4-10(7-9(8)2)15-6-5-11(12,13)14/h3-4,7,15H,5-6H2,1-2H3. The Morgan fingerprint density at radius 1 is 1.13 bits per heavy atom. The van der Waals surface area contributed by atoms with Crippen molar-refractivity contribution in [2.45, 2.75) is 26.4 Å². The molecule has 0 aliphatic carbocycles. The van der Waals surface area contributed by atoms with Gasteiger partial charge in [-0.05, 0) is 37.1 Å². The number of hydrogen-bond donors (Lipinski definition) is 1. The molecule has 4 heteroatoms. The van der Waals surface area contributed by atoms with Crippen LogP contribution in [-0.2, 0) is 0 Å². The van der Waals surface area contributed by atoms with Crippen LogP contribution in [0.1, 0.15) is 17.5 Å². The average Bonchev–Trinajstić information content (AvgIpc) is 2.09. The number of rotatable bonds is 3. The van der Waals surface area contributed by atoms with Crippen LogP contribution in [0, 0.1) is 13.8 Å². The third kappa shape index (κ3) is 4.23. The quantitative estimate of drug-likeness (QED) is 0.814. The van der Waals surface area contributed by atoms with Crippen LogP contribution in [0.4, 0.5) is 18.9 Å². The second-order valence-electron chi connectivity index (χ2n) is 3.59. The minimum absolute atomic E-state index is 0.0774. The highest BCUT2D eigenvalue weighted by Gasteiger charge is 2.25. The van der Waals surface area contributed by atoms with Crippen molar-refractivity contribution in [3.63, 3.8) is 0 Å². The van der Waals surface area contributed by atoms with Crippen molar-refractivity contribution >= 4 is 5.69 Å². The topological polar surface area (TPSA) is 12.0 Å². The molecule has 0 fully saturated rings.